The number of rotatable bonds is 3. The van der Waals surface area contributed by atoms with E-state index in [4.69, 9.17) is 0 Å². The highest BCUT2D eigenvalue weighted by molar-refractivity contribution is 5.36. The van der Waals surface area contributed by atoms with Gasteiger partial charge in [-0.15, -0.1) is 0 Å². The summed E-state index contributed by atoms with van der Waals surface area (Å²) in [5.41, 5.74) is 4.03. The zero-order chi connectivity index (χ0) is 13.8. The predicted molar refractivity (Wildman–Crippen MR) is 79.9 cm³/mol. The van der Waals surface area contributed by atoms with Gasteiger partial charge in [0.25, 0.3) is 0 Å². The molecule has 3 heteroatoms. The number of phenols is 1. The van der Waals surface area contributed by atoms with Gasteiger partial charge in [-0.3, -0.25) is 4.98 Å². The summed E-state index contributed by atoms with van der Waals surface area (Å²) in [6.07, 6.45) is 6.89. The molecular weight excluding hydrogens is 248 g/mol. The second-order valence-electron chi connectivity index (χ2n) is 5.40. The number of phenolic OH excluding ortho intramolecular Hbond substituents is 1. The molecule has 1 aliphatic rings. The van der Waals surface area contributed by atoms with E-state index in [0.717, 1.165) is 38.9 Å². The van der Waals surface area contributed by atoms with E-state index in [2.05, 4.69) is 28.1 Å². The molecule has 1 aromatic carbocycles. The Hall–Kier alpha value is -1.87. The summed E-state index contributed by atoms with van der Waals surface area (Å²) in [6, 6.07) is 9.96. The van der Waals surface area contributed by atoms with Crippen molar-refractivity contribution in [2.75, 3.05) is 19.6 Å². The van der Waals surface area contributed by atoms with E-state index in [1.807, 2.05) is 18.5 Å². The fourth-order valence-electron chi connectivity index (χ4n) is 2.82. The standard InChI is InChI=1S/C17H20N2O/c20-17-2-1-15-6-11-19(12-7-16(15)13-17)10-5-14-3-8-18-9-4-14/h1-4,8-9,13,20H,5-7,10-12H2. The van der Waals surface area contributed by atoms with Crippen LogP contribution in [-0.2, 0) is 19.3 Å². The number of hydrogen-bond acceptors (Lipinski definition) is 3. The molecule has 0 radical (unpaired) electrons. The molecule has 2 heterocycles. The first-order chi connectivity index (χ1) is 9.81. The van der Waals surface area contributed by atoms with Crippen LogP contribution in [0.2, 0.25) is 0 Å². The minimum Gasteiger partial charge on any atom is -0.508 e. The van der Waals surface area contributed by atoms with Crippen molar-refractivity contribution in [1.82, 2.24) is 9.88 Å². The zero-order valence-corrected chi connectivity index (χ0v) is 11.6. The van der Waals surface area contributed by atoms with Gasteiger partial charge in [0.05, 0.1) is 0 Å². The summed E-state index contributed by atoms with van der Waals surface area (Å²) in [5, 5.41) is 9.58. The van der Waals surface area contributed by atoms with Crippen molar-refractivity contribution >= 4 is 0 Å². The summed E-state index contributed by atoms with van der Waals surface area (Å²) in [6.45, 7) is 3.26. The molecule has 20 heavy (non-hydrogen) atoms. The molecule has 3 rings (SSSR count). The molecule has 2 aromatic rings. The van der Waals surface area contributed by atoms with Crippen molar-refractivity contribution in [2.45, 2.75) is 19.3 Å². The Morgan fingerprint density at radius 1 is 1.00 bits per heavy atom. The Labute approximate surface area is 119 Å². The highest BCUT2D eigenvalue weighted by atomic mass is 16.3. The van der Waals surface area contributed by atoms with Gasteiger partial charge >= 0.3 is 0 Å². The largest absolute Gasteiger partial charge is 0.508 e. The van der Waals surface area contributed by atoms with Crippen molar-refractivity contribution in [3.05, 3.63) is 59.4 Å². The van der Waals surface area contributed by atoms with Crippen LogP contribution in [-0.4, -0.2) is 34.6 Å². The molecule has 0 fully saturated rings. The molecule has 0 unspecified atom stereocenters. The van der Waals surface area contributed by atoms with Gasteiger partial charge in [-0.1, -0.05) is 6.07 Å². The molecule has 0 saturated heterocycles. The van der Waals surface area contributed by atoms with E-state index >= 15 is 0 Å². The minimum atomic E-state index is 0.383. The van der Waals surface area contributed by atoms with Crippen LogP contribution in [0.25, 0.3) is 0 Å². The third-order valence-corrected chi connectivity index (χ3v) is 4.05. The third-order valence-electron chi connectivity index (χ3n) is 4.05. The van der Waals surface area contributed by atoms with Gasteiger partial charge in [-0.25, -0.2) is 0 Å². The molecule has 0 spiro atoms. The van der Waals surface area contributed by atoms with E-state index in [1.165, 1.54) is 16.7 Å². The lowest BCUT2D eigenvalue weighted by Crippen LogP contribution is -2.28. The lowest BCUT2D eigenvalue weighted by molar-refractivity contribution is 0.291. The lowest BCUT2D eigenvalue weighted by atomic mass is 10.0. The van der Waals surface area contributed by atoms with E-state index in [-0.39, 0.29) is 0 Å². The number of aromatic nitrogens is 1. The zero-order valence-electron chi connectivity index (χ0n) is 11.6. The monoisotopic (exact) mass is 268 g/mol. The fourth-order valence-corrected chi connectivity index (χ4v) is 2.82. The summed E-state index contributed by atoms with van der Waals surface area (Å²) in [5.74, 6) is 0.383. The summed E-state index contributed by atoms with van der Waals surface area (Å²) in [4.78, 5) is 6.56. The number of aromatic hydroxyl groups is 1. The van der Waals surface area contributed by atoms with Gasteiger partial charge in [0.1, 0.15) is 5.75 Å². The Kier molecular flexibility index (Phi) is 3.97. The van der Waals surface area contributed by atoms with Crippen LogP contribution in [0, 0.1) is 0 Å². The van der Waals surface area contributed by atoms with E-state index in [9.17, 15) is 5.11 Å². The van der Waals surface area contributed by atoms with Gasteiger partial charge in [0.15, 0.2) is 0 Å². The van der Waals surface area contributed by atoms with Crippen molar-refractivity contribution in [2.24, 2.45) is 0 Å². The van der Waals surface area contributed by atoms with Crippen LogP contribution in [0.15, 0.2) is 42.7 Å². The summed E-state index contributed by atoms with van der Waals surface area (Å²) >= 11 is 0. The highest BCUT2D eigenvalue weighted by Gasteiger charge is 2.14. The van der Waals surface area contributed by atoms with E-state index in [0.29, 0.717) is 5.75 Å². The number of hydrogen-bond donors (Lipinski definition) is 1. The van der Waals surface area contributed by atoms with Gasteiger partial charge in [0.2, 0.25) is 0 Å². The molecule has 1 N–H and O–H groups in total. The normalized spacial score (nSPS) is 15.6. The number of benzene rings is 1. The molecule has 1 aliphatic heterocycles. The molecule has 0 bridgehead atoms. The highest BCUT2D eigenvalue weighted by Crippen LogP contribution is 2.21. The quantitative estimate of drug-likeness (QED) is 0.929. The maximum Gasteiger partial charge on any atom is 0.115 e. The van der Waals surface area contributed by atoms with Gasteiger partial charge < -0.3 is 10.0 Å². The topological polar surface area (TPSA) is 36.4 Å². The number of nitrogens with zero attached hydrogens (tertiary/aromatic N) is 2. The Morgan fingerprint density at radius 2 is 1.75 bits per heavy atom. The van der Waals surface area contributed by atoms with Crippen molar-refractivity contribution in [1.29, 1.82) is 0 Å². The maximum atomic E-state index is 9.58. The Bertz CT molecular complexity index is 568. The second kappa shape index (κ2) is 6.06. The van der Waals surface area contributed by atoms with Gasteiger partial charge in [-0.2, -0.15) is 0 Å². The molecule has 0 saturated carbocycles. The number of pyridine rings is 1. The fraction of sp³-hybridized carbons (Fsp3) is 0.353. The predicted octanol–water partition coefficient (Wildman–Crippen LogP) is 2.43. The maximum absolute atomic E-state index is 9.58. The summed E-state index contributed by atoms with van der Waals surface area (Å²) < 4.78 is 0. The van der Waals surface area contributed by atoms with Crippen LogP contribution in [0.5, 0.6) is 5.75 Å². The van der Waals surface area contributed by atoms with Crippen molar-refractivity contribution < 1.29 is 5.11 Å². The Balaban J connectivity index is 1.59. The molecular formula is C17H20N2O. The molecule has 0 aliphatic carbocycles. The van der Waals surface area contributed by atoms with Crippen molar-refractivity contribution in [3.8, 4) is 5.75 Å². The van der Waals surface area contributed by atoms with Crippen LogP contribution >= 0.6 is 0 Å². The molecule has 104 valence electrons. The van der Waals surface area contributed by atoms with Gasteiger partial charge in [-0.05, 0) is 60.2 Å². The summed E-state index contributed by atoms with van der Waals surface area (Å²) in [7, 11) is 0. The first kappa shape index (κ1) is 13.1. The molecule has 0 atom stereocenters. The van der Waals surface area contributed by atoms with Crippen LogP contribution < -0.4 is 0 Å². The van der Waals surface area contributed by atoms with E-state index < -0.39 is 0 Å². The smallest absolute Gasteiger partial charge is 0.115 e. The van der Waals surface area contributed by atoms with Crippen LogP contribution in [0.3, 0.4) is 0 Å². The first-order valence-corrected chi connectivity index (χ1v) is 7.23. The third kappa shape index (κ3) is 3.17. The van der Waals surface area contributed by atoms with Crippen LogP contribution in [0.4, 0.5) is 0 Å². The minimum absolute atomic E-state index is 0.383. The number of fused-ring (bicyclic) bond motifs is 1. The van der Waals surface area contributed by atoms with Gasteiger partial charge in [0, 0.05) is 32.0 Å². The molecule has 3 nitrogen and oxygen atoms in total. The van der Waals surface area contributed by atoms with Crippen molar-refractivity contribution in [3.63, 3.8) is 0 Å². The first-order valence-electron chi connectivity index (χ1n) is 7.23. The lowest BCUT2D eigenvalue weighted by Gasteiger charge is -2.19. The molecule has 0 amide bonds. The SMILES string of the molecule is Oc1ccc2c(c1)CCN(CCc1ccncc1)CC2. The second-order valence-corrected chi connectivity index (χ2v) is 5.40. The van der Waals surface area contributed by atoms with Crippen LogP contribution in [0.1, 0.15) is 16.7 Å². The Morgan fingerprint density at radius 3 is 2.55 bits per heavy atom. The average Bonchev–Trinajstić information content (AvgIpc) is 2.68. The average molecular weight is 268 g/mol. The molecule has 1 aromatic heterocycles. The van der Waals surface area contributed by atoms with E-state index in [1.54, 1.807) is 6.07 Å².